The van der Waals surface area contributed by atoms with Crippen molar-refractivity contribution in [2.24, 2.45) is 0 Å². The van der Waals surface area contributed by atoms with Crippen LogP contribution in [0.5, 0.6) is 0 Å². The SMILES string of the molecule is CS(=O)CCNC(=O)c1sc2ccc(F)cc2c1N. The molecule has 0 radical (unpaired) electrons. The summed E-state index contributed by atoms with van der Waals surface area (Å²) >= 11 is 1.22. The first kappa shape index (κ1) is 14.0. The summed E-state index contributed by atoms with van der Waals surface area (Å²) in [4.78, 5) is 12.3. The molecule has 2 aromatic rings. The number of rotatable bonds is 4. The van der Waals surface area contributed by atoms with Crippen molar-refractivity contribution in [3.05, 3.63) is 28.9 Å². The highest BCUT2D eigenvalue weighted by atomic mass is 32.2. The second-order valence-electron chi connectivity index (χ2n) is 4.02. The van der Waals surface area contributed by atoms with Gasteiger partial charge in [0.2, 0.25) is 0 Å². The van der Waals surface area contributed by atoms with Gasteiger partial charge >= 0.3 is 0 Å². The molecular formula is C12H13FN2O2S2. The Bertz CT molecular complexity index is 654. The number of fused-ring (bicyclic) bond motifs is 1. The average Bonchev–Trinajstić information content (AvgIpc) is 2.66. The van der Waals surface area contributed by atoms with Crippen LogP contribution in [0.2, 0.25) is 0 Å². The molecule has 1 unspecified atom stereocenters. The minimum Gasteiger partial charge on any atom is -0.397 e. The van der Waals surface area contributed by atoms with E-state index in [1.165, 1.54) is 23.5 Å². The van der Waals surface area contributed by atoms with Crippen LogP contribution in [0.3, 0.4) is 0 Å². The van der Waals surface area contributed by atoms with E-state index >= 15 is 0 Å². The fourth-order valence-corrected chi connectivity index (χ4v) is 3.06. The number of nitrogen functional groups attached to an aromatic ring is 1. The molecule has 0 fully saturated rings. The predicted octanol–water partition coefficient (Wildman–Crippen LogP) is 1.73. The van der Waals surface area contributed by atoms with Gasteiger partial charge in [0.05, 0.1) is 5.69 Å². The summed E-state index contributed by atoms with van der Waals surface area (Å²) in [6, 6.07) is 4.25. The number of benzene rings is 1. The monoisotopic (exact) mass is 300 g/mol. The van der Waals surface area contributed by atoms with Gasteiger partial charge in [0.25, 0.3) is 5.91 Å². The zero-order valence-corrected chi connectivity index (χ0v) is 11.9. The van der Waals surface area contributed by atoms with Crippen LogP contribution in [0.1, 0.15) is 9.67 Å². The maximum Gasteiger partial charge on any atom is 0.263 e. The fourth-order valence-electron chi connectivity index (χ4n) is 1.65. The zero-order valence-electron chi connectivity index (χ0n) is 10.2. The molecule has 7 heteroatoms. The Morgan fingerprint density at radius 1 is 1.53 bits per heavy atom. The van der Waals surface area contributed by atoms with Crippen LogP contribution in [0, 0.1) is 5.82 Å². The molecule has 1 amide bonds. The Morgan fingerprint density at radius 2 is 2.26 bits per heavy atom. The van der Waals surface area contributed by atoms with Crippen LogP contribution >= 0.6 is 11.3 Å². The van der Waals surface area contributed by atoms with Crippen molar-refractivity contribution in [2.75, 3.05) is 24.3 Å². The minimum atomic E-state index is -0.954. The first-order valence-corrected chi connectivity index (χ1v) is 8.09. The first-order chi connectivity index (χ1) is 8.99. The van der Waals surface area contributed by atoms with Crippen LogP contribution in [0.4, 0.5) is 10.1 Å². The smallest absolute Gasteiger partial charge is 0.263 e. The van der Waals surface area contributed by atoms with Crippen molar-refractivity contribution in [3.63, 3.8) is 0 Å². The van der Waals surface area contributed by atoms with Crippen LogP contribution < -0.4 is 11.1 Å². The third-order valence-electron chi connectivity index (χ3n) is 2.57. The molecular weight excluding hydrogens is 287 g/mol. The van der Waals surface area contributed by atoms with Crippen molar-refractivity contribution in [1.29, 1.82) is 0 Å². The van der Waals surface area contributed by atoms with Gasteiger partial charge in [0.15, 0.2) is 0 Å². The van der Waals surface area contributed by atoms with Gasteiger partial charge in [0, 0.05) is 39.4 Å². The lowest BCUT2D eigenvalue weighted by atomic mass is 10.2. The molecule has 1 aromatic carbocycles. The van der Waals surface area contributed by atoms with E-state index < -0.39 is 10.8 Å². The largest absolute Gasteiger partial charge is 0.397 e. The molecule has 19 heavy (non-hydrogen) atoms. The zero-order chi connectivity index (χ0) is 14.0. The molecule has 0 saturated carbocycles. The van der Waals surface area contributed by atoms with Gasteiger partial charge in [-0.15, -0.1) is 11.3 Å². The van der Waals surface area contributed by atoms with Gasteiger partial charge in [-0.1, -0.05) is 0 Å². The molecule has 0 spiro atoms. The molecule has 0 aliphatic carbocycles. The summed E-state index contributed by atoms with van der Waals surface area (Å²) in [5.41, 5.74) is 6.15. The van der Waals surface area contributed by atoms with E-state index in [1.807, 2.05) is 0 Å². The van der Waals surface area contributed by atoms with Crippen LogP contribution in [0.15, 0.2) is 18.2 Å². The van der Waals surface area contributed by atoms with Crippen molar-refractivity contribution in [2.45, 2.75) is 0 Å². The minimum absolute atomic E-state index is 0.287. The molecule has 1 aromatic heterocycles. The second-order valence-corrected chi connectivity index (χ2v) is 6.63. The number of anilines is 1. The molecule has 102 valence electrons. The van der Waals surface area contributed by atoms with Gasteiger partial charge < -0.3 is 11.1 Å². The summed E-state index contributed by atoms with van der Waals surface area (Å²) in [6.45, 7) is 0.323. The highest BCUT2D eigenvalue weighted by Gasteiger charge is 2.16. The van der Waals surface area contributed by atoms with Gasteiger partial charge in [-0.25, -0.2) is 4.39 Å². The molecule has 1 atom stereocenters. The summed E-state index contributed by atoms with van der Waals surface area (Å²) in [5, 5.41) is 3.20. The number of carbonyl (C=O) groups is 1. The third kappa shape index (κ3) is 3.10. The Morgan fingerprint density at radius 3 is 2.95 bits per heavy atom. The normalized spacial score (nSPS) is 12.5. The summed E-state index contributed by atoms with van der Waals surface area (Å²) < 4.78 is 24.8. The molecule has 0 aliphatic rings. The molecule has 0 saturated heterocycles. The Hall–Kier alpha value is -1.47. The standard InChI is InChI=1S/C12H13FN2O2S2/c1-19(17)5-4-15-12(16)11-10(14)8-6-7(13)2-3-9(8)18-11/h2-3,6H,4-5,14H2,1H3,(H,15,16). The van der Waals surface area contributed by atoms with Crippen molar-refractivity contribution < 1.29 is 13.4 Å². The number of carbonyl (C=O) groups excluding carboxylic acids is 1. The lowest BCUT2D eigenvalue weighted by Gasteiger charge is -2.02. The molecule has 1 heterocycles. The van der Waals surface area contributed by atoms with Crippen molar-refractivity contribution in [3.8, 4) is 0 Å². The topological polar surface area (TPSA) is 72.2 Å². The molecule has 4 nitrogen and oxygen atoms in total. The molecule has 0 aliphatic heterocycles. The van der Waals surface area contributed by atoms with E-state index in [9.17, 15) is 13.4 Å². The summed E-state index contributed by atoms with van der Waals surface area (Å²) in [5.74, 6) is -0.305. The number of amides is 1. The molecule has 3 N–H and O–H groups in total. The number of hydrogen-bond acceptors (Lipinski definition) is 4. The fraction of sp³-hybridized carbons (Fsp3) is 0.250. The number of nitrogens with one attached hydrogen (secondary N) is 1. The molecule has 0 bridgehead atoms. The van der Waals surface area contributed by atoms with E-state index in [4.69, 9.17) is 5.73 Å². The van der Waals surface area contributed by atoms with Crippen LogP contribution in [-0.2, 0) is 10.8 Å². The Kier molecular flexibility index (Phi) is 4.16. The highest BCUT2D eigenvalue weighted by Crippen LogP contribution is 2.33. The summed E-state index contributed by atoms with van der Waals surface area (Å²) in [6.07, 6.45) is 1.57. The van der Waals surface area contributed by atoms with Gasteiger partial charge in [0.1, 0.15) is 10.7 Å². The molecule has 2 rings (SSSR count). The average molecular weight is 300 g/mol. The lowest BCUT2D eigenvalue weighted by molar-refractivity contribution is 0.0961. The van der Waals surface area contributed by atoms with Crippen LogP contribution in [-0.4, -0.2) is 28.7 Å². The summed E-state index contributed by atoms with van der Waals surface area (Å²) in [7, 11) is -0.954. The van der Waals surface area contributed by atoms with E-state index in [0.717, 1.165) is 4.70 Å². The Balaban J connectivity index is 2.22. The van der Waals surface area contributed by atoms with E-state index in [0.29, 0.717) is 22.6 Å². The Labute approximate surface area is 116 Å². The van der Waals surface area contributed by atoms with Crippen LogP contribution in [0.25, 0.3) is 10.1 Å². The highest BCUT2D eigenvalue weighted by molar-refractivity contribution is 7.84. The maximum absolute atomic E-state index is 13.1. The van der Waals surface area contributed by atoms with E-state index in [2.05, 4.69) is 5.32 Å². The maximum atomic E-state index is 13.1. The third-order valence-corrected chi connectivity index (χ3v) is 4.53. The number of nitrogens with two attached hydrogens (primary N) is 1. The second kappa shape index (κ2) is 5.66. The van der Waals surface area contributed by atoms with Gasteiger partial charge in [-0.05, 0) is 18.2 Å². The van der Waals surface area contributed by atoms with Crippen molar-refractivity contribution in [1.82, 2.24) is 5.32 Å². The number of thiophene rings is 1. The lowest BCUT2D eigenvalue weighted by Crippen LogP contribution is -2.27. The first-order valence-electron chi connectivity index (χ1n) is 5.55. The van der Waals surface area contributed by atoms with Gasteiger partial charge in [-0.2, -0.15) is 0 Å². The van der Waals surface area contributed by atoms with Gasteiger partial charge in [-0.3, -0.25) is 9.00 Å². The van der Waals surface area contributed by atoms with Crippen molar-refractivity contribution >= 4 is 43.8 Å². The number of hydrogen-bond donors (Lipinski definition) is 2. The van der Waals surface area contributed by atoms with E-state index in [-0.39, 0.29) is 17.4 Å². The number of halogens is 1. The quantitative estimate of drug-likeness (QED) is 0.903. The predicted molar refractivity (Wildman–Crippen MR) is 77.5 cm³/mol. The van der Waals surface area contributed by atoms with E-state index in [1.54, 1.807) is 12.3 Å².